The predicted molar refractivity (Wildman–Crippen MR) is 80.9 cm³/mol. The van der Waals surface area contributed by atoms with Gasteiger partial charge >= 0.3 is 5.97 Å². The number of carboxylic acid groups (broad SMARTS) is 1. The van der Waals surface area contributed by atoms with Gasteiger partial charge in [0.1, 0.15) is 5.76 Å². The Balaban J connectivity index is 1.81. The Morgan fingerprint density at radius 1 is 1.24 bits per heavy atom. The van der Waals surface area contributed by atoms with E-state index in [-0.39, 0.29) is 5.76 Å². The molecule has 21 heavy (non-hydrogen) atoms. The van der Waals surface area contributed by atoms with Crippen LogP contribution in [0.15, 0.2) is 34.7 Å². The summed E-state index contributed by atoms with van der Waals surface area (Å²) >= 11 is 0. The number of carbonyl (C=O) groups is 1. The predicted octanol–water partition coefficient (Wildman–Crippen LogP) is 3.49. The molecule has 0 spiro atoms. The molecule has 0 unspecified atom stereocenters. The van der Waals surface area contributed by atoms with Crippen LogP contribution in [0.1, 0.15) is 40.3 Å². The van der Waals surface area contributed by atoms with Gasteiger partial charge in [-0.15, -0.1) is 0 Å². The number of rotatable bonds is 4. The van der Waals surface area contributed by atoms with Gasteiger partial charge in [0, 0.05) is 12.7 Å². The van der Waals surface area contributed by atoms with Crippen molar-refractivity contribution in [2.75, 3.05) is 11.9 Å². The second-order valence-corrected chi connectivity index (χ2v) is 5.55. The Hall–Kier alpha value is -2.23. The highest BCUT2D eigenvalue weighted by molar-refractivity contribution is 5.84. The van der Waals surface area contributed by atoms with E-state index in [2.05, 4.69) is 23.1 Å². The molecule has 3 rings (SSSR count). The quantitative estimate of drug-likeness (QED) is 0.934. The maximum absolute atomic E-state index is 10.9. The largest absolute Gasteiger partial charge is 0.475 e. The van der Waals surface area contributed by atoms with Gasteiger partial charge < -0.3 is 14.4 Å². The fourth-order valence-electron chi connectivity index (χ4n) is 3.02. The second-order valence-electron chi connectivity index (χ2n) is 5.55. The minimum absolute atomic E-state index is 0.00603. The third-order valence-electron chi connectivity index (χ3n) is 4.05. The van der Waals surface area contributed by atoms with E-state index in [1.165, 1.54) is 35.7 Å². The minimum Gasteiger partial charge on any atom is -0.475 e. The number of benzene rings is 1. The van der Waals surface area contributed by atoms with Crippen LogP contribution < -0.4 is 4.90 Å². The van der Waals surface area contributed by atoms with Crippen molar-refractivity contribution < 1.29 is 14.3 Å². The lowest BCUT2D eigenvalue weighted by molar-refractivity contribution is 0.0660. The van der Waals surface area contributed by atoms with Gasteiger partial charge in [0.25, 0.3) is 0 Å². The smallest absolute Gasteiger partial charge is 0.371 e. The summed E-state index contributed by atoms with van der Waals surface area (Å²) in [6, 6.07) is 9.68. The number of fused-ring (bicyclic) bond motifs is 1. The summed E-state index contributed by atoms with van der Waals surface area (Å²) in [7, 11) is 2.02. The van der Waals surface area contributed by atoms with Crippen LogP contribution >= 0.6 is 0 Å². The lowest BCUT2D eigenvalue weighted by Crippen LogP contribution is -2.19. The molecule has 1 aliphatic carbocycles. The van der Waals surface area contributed by atoms with Crippen molar-refractivity contribution >= 4 is 11.7 Å². The van der Waals surface area contributed by atoms with Crippen LogP contribution in [-0.2, 0) is 19.4 Å². The molecule has 1 aromatic carbocycles. The van der Waals surface area contributed by atoms with Crippen molar-refractivity contribution in [1.82, 2.24) is 0 Å². The van der Waals surface area contributed by atoms with E-state index in [0.717, 1.165) is 12.8 Å². The number of nitrogens with zero attached hydrogens (tertiary/aromatic N) is 1. The van der Waals surface area contributed by atoms with Gasteiger partial charge in [-0.2, -0.15) is 0 Å². The first-order valence-corrected chi connectivity index (χ1v) is 7.29. The zero-order valence-electron chi connectivity index (χ0n) is 12.1. The third kappa shape index (κ3) is 2.79. The van der Waals surface area contributed by atoms with E-state index >= 15 is 0 Å². The molecule has 110 valence electrons. The zero-order chi connectivity index (χ0) is 14.8. The summed E-state index contributed by atoms with van der Waals surface area (Å²) < 4.78 is 5.34. The highest BCUT2D eigenvalue weighted by Gasteiger charge is 2.16. The molecule has 0 saturated carbocycles. The molecule has 0 fully saturated rings. The lowest BCUT2D eigenvalue weighted by atomic mass is 9.90. The van der Waals surface area contributed by atoms with Crippen LogP contribution in [0.2, 0.25) is 0 Å². The van der Waals surface area contributed by atoms with Gasteiger partial charge in [0.15, 0.2) is 0 Å². The number of aromatic carboxylic acids is 1. The highest BCUT2D eigenvalue weighted by Crippen LogP contribution is 2.30. The molecular weight excluding hydrogens is 266 g/mol. The SMILES string of the molecule is CN(Cc1ccc(C(=O)O)o1)c1cccc2c1CCCC2. The molecule has 0 bridgehead atoms. The van der Waals surface area contributed by atoms with E-state index in [9.17, 15) is 4.79 Å². The molecule has 4 heteroatoms. The molecule has 0 amide bonds. The maximum atomic E-state index is 10.9. The van der Waals surface area contributed by atoms with Gasteiger partial charge in [0.05, 0.1) is 6.54 Å². The van der Waals surface area contributed by atoms with Gasteiger partial charge in [0.2, 0.25) is 5.76 Å². The van der Waals surface area contributed by atoms with Crippen molar-refractivity contribution in [3.05, 3.63) is 53.0 Å². The average molecular weight is 285 g/mol. The summed E-state index contributed by atoms with van der Waals surface area (Å²) in [5.41, 5.74) is 4.09. The van der Waals surface area contributed by atoms with Crippen molar-refractivity contribution in [2.24, 2.45) is 0 Å². The first-order valence-electron chi connectivity index (χ1n) is 7.29. The zero-order valence-corrected chi connectivity index (χ0v) is 12.1. The summed E-state index contributed by atoms with van der Waals surface area (Å²) in [6.07, 6.45) is 4.78. The summed E-state index contributed by atoms with van der Waals surface area (Å²) in [5.74, 6) is -0.363. The maximum Gasteiger partial charge on any atom is 0.371 e. The van der Waals surface area contributed by atoms with Crippen LogP contribution in [0.25, 0.3) is 0 Å². The number of hydrogen-bond donors (Lipinski definition) is 1. The van der Waals surface area contributed by atoms with Crippen LogP contribution in [0.5, 0.6) is 0 Å². The summed E-state index contributed by atoms with van der Waals surface area (Å²) in [5, 5.41) is 8.90. The van der Waals surface area contributed by atoms with Gasteiger partial charge in [-0.3, -0.25) is 0 Å². The van der Waals surface area contributed by atoms with Crippen molar-refractivity contribution in [2.45, 2.75) is 32.2 Å². The minimum atomic E-state index is -1.03. The van der Waals surface area contributed by atoms with Gasteiger partial charge in [-0.1, -0.05) is 12.1 Å². The number of carboxylic acids is 1. The van der Waals surface area contributed by atoms with Crippen LogP contribution in [0.3, 0.4) is 0 Å². The first kappa shape index (κ1) is 13.7. The third-order valence-corrected chi connectivity index (χ3v) is 4.05. The van der Waals surface area contributed by atoms with E-state index in [0.29, 0.717) is 12.3 Å². The Morgan fingerprint density at radius 3 is 2.81 bits per heavy atom. The number of anilines is 1. The molecule has 1 heterocycles. The molecule has 1 aromatic heterocycles. The van der Waals surface area contributed by atoms with E-state index in [1.54, 1.807) is 6.07 Å². The number of aryl methyl sites for hydroxylation is 1. The van der Waals surface area contributed by atoms with E-state index in [1.807, 2.05) is 7.05 Å². The molecule has 2 aromatic rings. The average Bonchev–Trinajstić information content (AvgIpc) is 2.95. The van der Waals surface area contributed by atoms with Crippen LogP contribution in [0, 0.1) is 0 Å². The molecule has 1 N–H and O–H groups in total. The normalized spacial score (nSPS) is 13.8. The van der Waals surface area contributed by atoms with Crippen molar-refractivity contribution in [3.8, 4) is 0 Å². The molecule has 0 aliphatic heterocycles. The molecule has 0 saturated heterocycles. The molecule has 1 aliphatic rings. The number of furan rings is 1. The van der Waals surface area contributed by atoms with E-state index in [4.69, 9.17) is 9.52 Å². The molecular formula is C17H19NO3. The fraction of sp³-hybridized carbons (Fsp3) is 0.353. The highest BCUT2D eigenvalue weighted by atomic mass is 16.4. The Labute approximate surface area is 124 Å². The standard InChI is InChI=1S/C17H19NO3/c1-18(11-13-9-10-16(21-13)17(19)20)15-8-4-6-12-5-2-3-7-14(12)15/h4,6,8-10H,2-3,5,7,11H2,1H3,(H,19,20). The first-order chi connectivity index (χ1) is 10.1. The van der Waals surface area contributed by atoms with Gasteiger partial charge in [-0.25, -0.2) is 4.79 Å². The Kier molecular flexibility index (Phi) is 3.69. The summed E-state index contributed by atoms with van der Waals surface area (Å²) in [6.45, 7) is 0.573. The molecule has 4 nitrogen and oxygen atoms in total. The van der Waals surface area contributed by atoms with Crippen LogP contribution in [-0.4, -0.2) is 18.1 Å². The molecule has 0 radical (unpaired) electrons. The fourth-order valence-corrected chi connectivity index (χ4v) is 3.02. The Bertz CT molecular complexity index is 660. The number of hydrogen-bond acceptors (Lipinski definition) is 3. The topological polar surface area (TPSA) is 53.7 Å². The lowest BCUT2D eigenvalue weighted by Gasteiger charge is -2.26. The van der Waals surface area contributed by atoms with Crippen molar-refractivity contribution in [3.63, 3.8) is 0 Å². The second kappa shape index (κ2) is 5.64. The van der Waals surface area contributed by atoms with Crippen LogP contribution in [0.4, 0.5) is 5.69 Å². The summed E-state index contributed by atoms with van der Waals surface area (Å²) in [4.78, 5) is 13.0. The van der Waals surface area contributed by atoms with Gasteiger partial charge in [-0.05, 0) is 55.0 Å². The Morgan fingerprint density at radius 2 is 2.05 bits per heavy atom. The van der Waals surface area contributed by atoms with E-state index < -0.39 is 5.97 Å². The van der Waals surface area contributed by atoms with Crippen molar-refractivity contribution in [1.29, 1.82) is 0 Å². The monoisotopic (exact) mass is 285 g/mol. The molecule has 0 atom stereocenters.